The van der Waals surface area contributed by atoms with Crippen LogP contribution in [-0.2, 0) is 47.7 Å². The Hall–Kier alpha value is -3.95. The van der Waals surface area contributed by atoms with E-state index in [1.807, 2.05) is 0 Å². The highest BCUT2D eigenvalue weighted by Gasteiger charge is 2.03. The Kier molecular flexibility index (Phi) is 111. The van der Waals surface area contributed by atoms with Crippen LogP contribution in [0, 0.1) is 0 Å². The lowest BCUT2D eigenvalue weighted by Gasteiger charge is -2.04. The number of hydrogen-bond acceptors (Lipinski definition) is 10. The fourth-order valence-electron chi connectivity index (χ4n) is 12.6. The highest BCUT2D eigenvalue weighted by molar-refractivity contribution is 5.82. The van der Waals surface area contributed by atoms with Gasteiger partial charge in [0.25, 0.3) is 0 Å². The molecule has 10 nitrogen and oxygen atoms in total. The van der Waals surface area contributed by atoms with Crippen LogP contribution in [0.5, 0.6) is 0 Å². The summed E-state index contributed by atoms with van der Waals surface area (Å²) in [6, 6.07) is 0. The van der Waals surface area contributed by atoms with Gasteiger partial charge in [0.05, 0.1) is 33.0 Å². The van der Waals surface area contributed by atoms with Gasteiger partial charge in [-0.15, -0.1) is 0 Å². The van der Waals surface area contributed by atoms with Gasteiger partial charge in [-0.3, -0.25) is 0 Å². The van der Waals surface area contributed by atoms with Crippen LogP contribution in [0.25, 0.3) is 0 Å². The van der Waals surface area contributed by atoms with Crippen molar-refractivity contribution in [2.75, 3.05) is 33.0 Å². The van der Waals surface area contributed by atoms with E-state index in [0.29, 0.717) is 33.0 Å². The highest BCUT2D eigenvalue weighted by atomic mass is 16.5. The van der Waals surface area contributed by atoms with Crippen molar-refractivity contribution >= 4 is 29.8 Å². The minimum absolute atomic E-state index is 0.300. The van der Waals surface area contributed by atoms with E-state index >= 15 is 0 Å². The van der Waals surface area contributed by atoms with E-state index in [2.05, 4.69) is 67.5 Å². The fourth-order valence-corrected chi connectivity index (χ4v) is 12.6. The summed E-state index contributed by atoms with van der Waals surface area (Å²) in [6.07, 6.45) is 100. The quantitative estimate of drug-likeness (QED) is 0.0251. The van der Waals surface area contributed by atoms with Gasteiger partial charge in [-0.05, 0) is 32.1 Å². The van der Waals surface area contributed by atoms with Crippen molar-refractivity contribution in [1.29, 1.82) is 0 Å². The molecule has 0 fully saturated rings. The Morgan fingerprint density at radius 2 is 0.229 bits per heavy atom. The molecule has 0 unspecified atom stereocenters. The standard InChI is InChI=1S/C21H40O2.C20H38O2.C19H36O2.C18H34O2.C17H32O2/c1-3-5-6-7-8-9-10-11-12-13-14-15-16-17-18-19-20-23-21(22)4-2;1-3-5-6-7-8-9-10-11-12-13-14-15-16-17-18-19-22-20(21)4-2;1-3-5-6-7-8-9-10-11-12-13-14-15-16-17-18-21-19(20)4-2;1-3-5-6-7-8-9-10-11-12-13-14-15-16-17-20-18(19)4-2;1-3-5-6-7-8-9-10-11-12-13-14-15-16-19-17(18)4-2/h4H,2-3,5-20H2,1H3;4H,2-3,5-19H2,1H3;4H,2-3,5-18H2,1H3;4H,2-3,5-17H2,1H3;4H,2-3,5-16H2,1H3. The second-order valence-electron chi connectivity index (χ2n) is 29.8. The van der Waals surface area contributed by atoms with E-state index in [1.165, 1.54) is 448 Å². The Balaban J connectivity index is -0.000000397. The molecule has 0 N–H and O–H groups in total. The Morgan fingerprint density at radius 1 is 0.152 bits per heavy atom. The van der Waals surface area contributed by atoms with Crippen LogP contribution in [0.15, 0.2) is 63.3 Å². The average molecular weight is 1480 g/mol. The smallest absolute Gasteiger partial charge is 0.330 e. The van der Waals surface area contributed by atoms with Crippen LogP contribution in [0.4, 0.5) is 0 Å². The molecule has 0 aromatic carbocycles. The predicted octanol–water partition coefficient (Wildman–Crippen LogP) is 31.0. The molecule has 0 rings (SSSR count). The summed E-state index contributed by atoms with van der Waals surface area (Å²) in [4.78, 5) is 54.0. The van der Waals surface area contributed by atoms with E-state index in [-0.39, 0.29) is 29.8 Å². The van der Waals surface area contributed by atoms with Crippen molar-refractivity contribution in [2.45, 2.75) is 484 Å². The normalized spacial score (nSPS) is 10.5. The predicted molar refractivity (Wildman–Crippen MR) is 457 cm³/mol. The Labute approximate surface area is 654 Å². The van der Waals surface area contributed by atoms with Gasteiger partial charge < -0.3 is 23.7 Å². The number of carbonyl (C=O) groups excluding carboxylic acids is 5. The van der Waals surface area contributed by atoms with Gasteiger partial charge >= 0.3 is 29.8 Å². The van der Waals surface area contributed by atoms with Crippen molar-refractivity contribution in [2.24, 2.45) is 0 Å². The summed E-state index contributed by atoms with van der Waals surface area (Å²) in [5.74, 6) is -1.51. The van der Waals surface area contributed by atoms with E-state index in [1.54, 1.807) is 0 Å². The van der Waals surface area contributed by atoms with Gasteiger partial charge in [0.15, 0.2) is 0 Å². The van der Waals surface area contributed by atoms with Crippen molar-refractivity contribution < 1.29 is 47.7 Å². The summed E-state index contributed by atoms with van der Waals surface area (Å²) in [6.45, 7) is 30.9. The first kappa shape index (κ1) is 110. The molecule has 105 heavy (non-hydrogen) atoms. The maximum atomic E-state index is 10.8. The second kappa shape index (κ2) is 106. The lowest BCUT2D eigenvalue weighted by molar-refractivity contribution is -0.138. The average Bonchev–Trinajstić information content (AvgIpc) is 3.83. The Morgan fingerprint density at radius 3 is 0.305 bits per heavy atom. The Bertz CT molecular complexity index is 1760. The molecule has 0 aromatic rings. The van der Waals surface area contributed by atoms with Gasteiger partial charge in [-0.1, -0.05) is 485 Å². The maximum absolute atomic E-state index is 10.8. The fraction of sp³-hybridized carbons (Fsp3) is 0.842. The number of esters is 5. The maximum Gasteiger partial charge on any atom is 0.330 e. The first-order chi connectivity index (χ1) is 51.5. The molecule has 0 saturated carbocycles. The van der Waals surface area contributed by atoms with Gasteiger partial charge in [0, 0.05) is 30.4 Å². The number of unbranched alkanes of at least 4 members (excludes halogenated alkanes) is 65. The molecule has 0 aliphatic rings. The molecule has 0 radical (unpaired) electrons. The third-order valence-corrected chi connectivity index (χ3v) is 19.5. The minimum Gasteiger partial charge on any atom is -0.463 e. The number of hydrogen-bond donors (Lipinski definition) is 0. The summed E-state index contributed by atoms with van der Waals surface area (Å²) >= 11 is 0. The van der Waals surface area contributed by atoms with Crippen LogP contribution in [0.2, 0.25) is 0 Å². The second-order valence-corrected chi connectivity index (χ2v) is 29.8. The van der Waals surface area contributed by atoms with Crippen LogP contribution in [-0.4, -0.2) is 62.9 Å². The van der Waals surface area contributed by atoms with Gasteiger partial charge in [-0.2, -0.15) is 0 Å². The van der Waals surface area contributed by atoms with E-state index in [4.69, 9.17) is 23.7 Å². The van der Waals surface area contributed by atoms with Gasteiger partial charge in [0.1, 0.15) is 0 Å². The van der Waals surface area contributed by atoms with Crippen LogP contribution in [0.1, 0.15) is 484 Å². The largest absolute Gasteiger partial charge is 0.463 e. The lowest BCUT2D eigenvalue weighted by atomic mass is 10.0. The van der Waals surface area contributed by atoms with Crippen molar-refractivity contribution in [3.05, 3.63) is 63.3 Å². The molecule has 0 aliphatic heterocycles. The monoisotopic (exact) mass is 1480 g/mol. The molecule has 620 valence electrons. The van der Waals surface area contributed by atoms with Crippen molar-refractivity contribution in [3.63, 3.8) is 0 Å². The zero-order valence-corrected chi connectivity index (χ0v) is 71.0. The molecule has 0 saturated heterocycles. The first-order valence-corrected chi connectivity index (χ1v) is 45.5. The number of carbonyl (C=O) groups is 5. The zero-order chi connectivity index (χ0) is 78.0. The molecule has 0 atom stereocenters. The van der Waals surface area contributed by atoms with E-state index in [9.17, 15) is 24.0 Å². The topological polar surface area (TPSA) is 132 Å². The molecule has 0 aliphatic carbocycles. The van der Waals surface area contributed by atoms with E-state index < -0.39 is 0 Å². The third-order valence-electron chi connectivity index (χ3n) is 19.5. The third kappa shape index (κ3) is 116. The molecular formula is C95H180O10. The lowest BCUT2D eigenvalue weighted by Crippen LogP contribution is -2.01. The molecule has 0 heterocycles. The highest BCUT2D eigenvalue weighted by Crippen LogP contribution is 2.19. The molecule has 10 heteroatoms. The number of rotatable bonds is 80. The SMILES string of the molecule is C=CC(=O)OCCCCCCCCCCCCCC.C=CC(=O)OCCCCCCCCCCCCCCC.C=CC(=O)OCCCCCCCCCCCCCCCC.C=CC(=O)OCCCCCCCCCCCCCCCCC.C=CC(=O)OCCCCCCCCCCCCCCCCCC. The molecule has 0 aromatic heterocycles. The molecule has 0 spiro atoms. The van der Waals surface area contributed by atoms with E-state index in [0.717, 1.165) is 32.1 Å². The first-order valence-electron chi connectivity index (χ1n) is 45.5. The summed E-state index contributed by atoms with van der Waals surface area (Å²) in [7, 11) is 0. The number of ether oxygens (including phenoxy) is 5. The van der Waals surface area contributed by atoms with Crippen LogP contribution >= 0.6 is 0 Å². The van der Waals surface area contributed by atoms with Crippen LogP contribution in [0.3, 0.4) is 0 Å². The van der Waals surface area contributed by atoms with Crippen molar-refractivity contribution in [1.82, 2.24) is 0 Å². The van der Waals surface area contributed by atoms with Gasteiger partial charge in [-0.25, -0.2) is 24.0 Å². The summed E-state index contributed by atoms with van der Waals surface area (Å²) < 4.78 is 24.7. The summed E-state index contributed by atoms with van der Waals surface area (Å²) in [5, 5.41) is 0. The van der Waals surface area contributed by atoms with Gasteiger partial charge in [0.2, 0.25) is 0 Å². The molecular weight excluding hydrogens is 1300 g/mol. The van der Waals surface area contributed by atoms with Crippen molar-refractivity contribution in [3.8, 4) is 0 Å². The zero-order valence-electron chi connectivity index (χ0n) is 71.0. The molecule has 0 bridgehead atoms. The molecule has 0 amide bonds. The summed E-state index contributed by atoms with van der Waals surface area (Å²) in [5.41, 5.74) is 0. The minimum atomic E-state index is -0.303. The van der Waals surface area contributed by atoms with Crippen LogP contribution < -0.4 is 0 Å².